The maximum atomic E-state index is 13.2. The van der Waals surface area contributed by atoms with Crippen molar-refractivity contribution in [2.45, 2.75) is 51.2 Å². The van der Waals surface area contributed by atoms with Gasteiger partial charge in [0.25, 0.3) is 5.56 Å². The van der Waals surface area contributed by atoms with Crippen LogP contribution >= 0.6 is 0 Å². The second-order valence-electron chi connectivity index (χ2n) is 8.79. The van der Waals surface area contributed by atoms with E-state index < -0.39 is 35.2 Å². The van der Waals surface area contributed by atoms with Crippen molar-refractivity contribution < 1.29 is 29.2 Å². The van der Waals surface area contributed by atoms with Gasteiger partial charge in [-0.1, -0.05) is 60.7 Å². The number of ether oxygens (including phenoxy) is 3. The van der Waals surface area contributed by atoms with E-state index in [9.17, 15) is 24.6 Å². The largest absolute Gasteiger partial charge is 0.479 e. The average molecular weight is 497 g/mol. The molecule has 190 valence electrons. The fraction of sp³-hybridized carbons (Fsp3) is 0.346. The van der Waals surface area contributed by atoms with Gasteiger partial charge in [0.1, 0.15) is 18.6 Å². The van der Waals surface area contributed by atoms with Crippen molar-refractivity contribution in [2.24, 2.45) is 0 Å². The number of rotatable bonds is 10. The molecule has 1 fully saturated rings. The minimum Gasteiger partial charge on any atom is -0.479 e. The van der Waals surface area contributed by atoms with Gasteiger partial charge in [-0.3, -0.25) is 9.36 Å². The first-order valence-corrected chi connectivity index (χ1v) is 11.4. The molecular weight excluding hydrogens is 468 g/mol. The van der Waals surface area contributed by atoms with Gasteiger partial charge in [-0.15, -0.1) is 0 Å². The molecule has 0 unspecified atom stereocenters. The zero-order valence-electron chi connectivity index (χ0n) is 19.8. The summed E-state index contributed by atoms with van der Waals surface area (Å²) in [7, 11) is 0. The monoisotopic (exact) mass is 496 g/mol. The molecule has 0 radical (unpaired) electrons. The van der Waals surface area contributed by atoms with Crippen LogP contribution in [0.25, 0.3) is 0 Å². The Balaban J connectivity index is 1.51. The molecule has 2 aromatic carbocycles. The molecular formula is C26H28N2O8. The molecule has 1 aromatic heterocycles. The molecule has 2 N–H and O–H groups in total. The standard InChI is InChI=1S/C26H28N2O8/c1-18-13-27(25(32)28(23(18)29)17-35-15-20-10-6-3-7-11-20)21-12-26(33,22(36-21)24(30)31)16-34-14-19-8-4-2-5-9-19/h2-11,13,21-22,33H,12,14-17H2,1H3,(H,30,31)/t21-,22-,26-/m1/s1. The van der Waals surface area contributed by atoms with Crippen molar-refractivity contribution in [3.8, 4) is 0 Å². The van der Waals surface area contributed by atoms with Crippen LogP contribution in [0.2, 0.25) is 0 Å². The van der Waals surface area contributed by atoms with E-state index in [0.29, 0.717) is 0 Å². The molecule has 36 heavy (non-hydrogen) atoms. The number of carboxylic acids is 1. The molecule has 10 nitrogen and oxygen atoms in total. The van der Waals surface area contributed by atoms with E-state index in [1.54, 1.807) is 0 Å². The minimum atomic E-state index is -1.89. The van der Waals surface area contributed by atoms with Crippen LogP contribution in [0.3, 0.4) is 0 Å². The second-order valence-corrected chi connectivity index (χ2v) is 8.79. The van der Waals surface area contributed by atoms with Gasteiger partial charge in [0.15, 0.2) is 6.10 Å². The van der Waals surface area contributed by atoms with Gasteiger partial charge in [0.2, 0.25) is 0 Å². The Bertz CT molecular complexity index is 1310. The molecule has 0 bridgehead atoms. The van der Waals surface area contributed by atoms with Crippen molar-refractivity contribution in [2.75, 3.05) is 6.61 Å². The SMILES string of the molecule is Cc1cn([C@H]2C[C@@](O)(COCc3ccccc3)[C@@H](C(=O)O)O2)c(=O)n(COCc2ccccc2)c1=O. The Morgan fingerprint density at radius 1 is 1.03 bits per heavy atom. The Kier molecular flexibility index (Phi) is 7.80. The quantitative estimate of drug-likeness (QED) is 0.435. The topological polar surface area (TPSA) is 129 Å². The number of aromatic nitrogens is 2. The first-order chi connectivity index (χ1) is 17.3. The lowest BCUT2D eigenvalue weighted by Gasteiger charge is -2.25. The molecule has 4 rings (SSSR count). The van der Waals surface area contributed by atoms with Crippen molar-refractivity contribution in [1.82, 2.24) is 9.13 Å². The number of aryl methyl sites for hydroxylation is 1. The van der Waals surface area contributed by atoms with Gasteiger partial charge in [-0.25, -0.2) is 14.2 Å². The lowest BCUT2D eigenvalue weighted by molar-refractivity contribution is -0.166. The second kappa shape index (κ2) is 11.0. The summed E-state index contributed by atoms with van der Waals surface area (Å²) in [5.41, 5.74) is -1.17. The first-order valence-electron chi connectivity index (χ1n) is 11.4. The number of carbonyl (C=O) groups is 1. The highest BCUT2D eigenvalue weighted by Gasteiger charge is 2.52. The molecule has 10 heteroatoms. The predicted octanol–water partition coefficient (Wildman–Crippen LogP) is 1.81. The summed E-state index contributed by atoms with van der Waals surface area (Å²) in [5, 5.41) is 20.8. The lowest BCUT2D eigenvalue weighted by atomic mass is 9.96. The van der Waals surface area contributed by atoms with Crippen molar-refractivity contribution in [1.29, 1.82) is 0 Å². The minimum absolute atomic E-state index is 0.169. The highest BCUT2D eigenvalue weighted by atomic mass is 16.6. The van der Waals surface area contributed by atoms with Gasteiger partial charge in [-0.05, 0) is 18.1 Å². The Morgan fingerprint density at radius 2 is 1.61 bits per heavy atom. The third-order valence-corrected chi connectivity index (χ3v) is 6.01. The smallest absolute Gasteiger partial charge is 0.336 e. The van der Waals surface area contributed by atoms with Gasteiger partial charge in [0.05, 0.1) is 19.8 Å². The van der Waals surface area contributed by atoms with Crippen LogP contribution in [0.4, 0.5) is 0 Å². The van der Waals surface area contributed by atoms with Gasteiger partial charge >= 0.3 is 11.7 Å². The van der Waals surface area contributed by atoms with Crippen LogP contribution in [-0.4, -0.2) is 43.6 Å². The molecule has 2 heterocycles. The van der Waals surface area contributed by atoms with Crippen LogP contribution in [-0.2, 0) is 38.9 Å². The van der Waals surface area contributed by atoms with Crippen LogP contribution in [0.1, 0.15) is 29.3 Å². The number of carboxylic acid groups (broad SMARTS) is 1. The first kappa shape index (κ1) is 25.5. The van der Waals surface area contributed by atoms with Gasteiger partial charge in [-0.2, -0.15) is 0 Å². The fourth-order valence-corrected chi connectivity index (χ4v) is 4.16. The molecule has 3 atom stereocenters. The molecule has 0 aliphatic carbocycles. The number of aliphatic hydroxyl groups is 1. The summed E-state index contributed by atoms with van der Waals surface area (Å²) < 4.78 is 18.8. The fourth-order valence-electron chi connectivity index (χ4n) is 4.16. The number of nitrogens with zero attached hydrogens (tertiary/aromatic N) is 2. The lowest BCUT2D eigenvalue weighted by Crippen LogP contribution is -2.47. The van der Waals surface area contributed by atoms with Crippen LogP contribution in [0.5, 0.6) is 0 Å². The third-order valence-electron chi connectivity index (χ3n) is 6.01. The number of aliphatic carboxylic acids is 1. The van der Waals surface area contributed by atoms with E-state index in [2.05, 4.69) is 0 Å². The van der Waals surface area contributed by atoms with E-state index in [4.69, 9.17) is 14.2 Å². The summed E-state index contributed by atoms with van der Waals surface area (Å²) in [4.78, 5) is 37.7. The Morgan fingerprint density at radius 3 is 2.19 bits per heavy atom. The van der Waals surface area contributed by atoms with Crippen molar-refractivity contribution >= 4 is 5.97 Å². The van der Waals surface area contributed by atoms with Crippen LogP contribution < -0.4 is 11.2 Å². The number of hydrogen-bond acceptors (Lipinski definition) is 7. The molecule has 1 aliphatic rings. The zero-order valence-corrected chi connectivity index (χ0v) is 19.8. The molecule has 1 aliphatic heterocycles. The number of benzene rings is 2. The van der Waals surface area contributed by atoms with Gasteiger partial charge in [0, 0.05) is 18.2 Å². The van der Waals surface area contributed by atoms with E-state index in [-0.39, 0.29) is 38.5 Å². The summed E-state index contributed by atoms with van der Waals surface area (Å²) >= 11 is 0. The average Bonchev–Trinajstić information content (AvgIpc) is 3.22. The zero-order chi connectivity index (χ0) is 25.7. The van der Waals surface area contributed by atoms with Crippen molar-refractivity contribution in [3.63, 3.8) is 0 Å². The summed E-state index contributed by atoms with van der Waals surface area (Å²) in [5.74, 6) is -1.38. The maximum absolute atomic E-state index is 13.2. The van der Waals surface area contributed by atoms with Crippen LogP contribution in [0.15, 0.2) is 76.4 Å². The maximum Gasteiger partial charge on any atom is 0.336 e. The van der Waals surface area contributed by atoms with E-state index in [1.165, 1.54) is 13.1 Å². The van der Waals surface area contributed by atoms with E-state index >= 15 is 0 Å². The third kappa shape index (κ3) is 5.63. The predicted molar refractivity (Wildman–Crippen MR) is 128 cm³/mol. The normalized spacial score (nSPS) is 21.5. The van der Waals surface area contributed by atoms with Crippen LogP contribution in [0, 0.1) is 6.92 Å². The van der Waals surface area contributed by atoms with E-state index in [0.717, 1.165) is 20.3 Å². The molecule has 3 aromatic rings. The molecule has 1 saturated heterocycles. The Labute approximate surface area is 206 Å². The van der Waals surface area contributed by atoms with Crippen molar-refractivity contribution in [3.05, 3.63) is 104 Å². The summed E-state index contributed by atoms with van der Waals surface area (Å²) in [6.07, 6.45) is -1.66. The van der Waals surface area contributed by atoms with Gasteiger partial charge < -0.3 is 24.4 Å². The molecule has 0 spiro atoms. The summed E-state index contributed by atoms with van der Waals surface area (Å²) in [6, 6.07) is 18.5. The highest BCUT2D eigenvalue weighted by molar-refractivity contribution is 5.74. The highest BCUT2D eigenvalue weighted by Crippen LogP contribution is 2.37. The summed E-state index contributed by atoms with van der Waals surface area (Å²) in [6.45, 7) is 1.28. The number of hydrogen-bond donors (Lipinski definition) is 2. The molecule has 0 saturated carbocycles. The Hall–Kier alpha value is -3.57. The van der Waals surface area contributed by atoms with E-state index in [1.807, 2.05) is 60.7 Å². The molecule has 0 amide bonds.